The summed E-state index contributed by atoms with van der Waals surface area (Å²) in [5.74, 6) is 0.554. The Labute approximate surface area is 102 Å². The number of nitriles is 1. The second kappa shape index (κ2) is 6.84. The summed E-state index contributed by atoms with van der Waals surface area (Å²) in [7, 11) is 5.56. The zero-order chi connectivity index (χ0) is 12.7. The molecule has 0 radical (unpaired) electrons. The topological polar surface area (TPSA) is 61.2 Å². The van der Waals surface area contributed by atoms with Gasteiger partial charge in [-0.3, -0.25) is 5.32 Å². The summed E-state index contributed by atoms with van der Waals surface area (Å²) in [4.78, 5) is 6.15. The van der Waals surface area contributed by atoms with Gasteiger partial charge in [-0.1, -0.05) is 0 Å². The van der Waals surface area contributed by atoms with Gasteiger partial charge in [-0.15, -0.1) is 0 Å². The molecule has 17 heavy (non-hydrogen) atoms. The fourth-order valence-electron chi connectivity index (χ4n) is 1.35. The average Bonchev–Trinajstić information content (AvgIpc) is 2.34. The molecule has 0 fully saturated rings. The highest BCUT2D eigenvalue weighted by atomic mass is 16.5. The lowest BCUT2D eigenvalue weighted by Crippen LogP contribution is -2.29. The molecule has 1 aromatic rings. The van der Waals surface area contributed by atoms with E-state index < -0.39 is 0 Å². The Kier molecular flexibility index (Phi) is 5.40. The standard InChI is InChI=1S/C12H18N4O/c1-16(2)7-6-14-11(8-13)10-4-5-12(17-3)15-9-10/h4-5,9,11,14H,6-7H2,1-3H3. The third-order valence-corrected chi connectivity index (χ3v) is 2.34. The first-order valence-corrected chi connectivity index (χ1v) is 5.45. The van der Waals surface area contributed by atoms with E-state index in [1.807, 2.05) is 20.2 Å². The van der Waals surface area contributed by atoms with Crippen LogP contribution in [0.25, 0.3) is 0 Å². The number of rotatable bonds is 6. The molecule has 1 heterocycles. The van der Waals surface area contributed by atoms with E-state index >= 15 is 0 Å². The van der Waals surface area contributed by atoms with Crippen LogP contribution in [0.5, 0.6) is 5.88 Å². The molecule has 1 aromatic heterocycles. The predicted octanol–water partition coefficient (Wildman–Crippen LogP) is 0.806. The van der Waals surface area contributed by atoms with Gasteiger partial charge < -0.3 is 9.64 Å². The molecule has 5 nitrogen and oxygen atoms in total. The molecule has 1 atom stereocenters. The first-order valence-electron chi connectivity index (χ1n) is 5.45. The van der Waals surface area contributed by atoms with Gasteiger partial charge in [0.25, 0.3) is 0 Å². The van der Waals surface area contributed by atoms with Crippen molar-refractivity contribution in [2.24, 2.45) is 0 Å². The molecule has 1 unspecified atom stereocenters. The maximum Gasteiger partial charge on any atom is 0.212 e. The highest BCUT2D eigenvalue weighted by molar-refractivity contribution is 5.24. The number of ether oxygens (including phenoxy) is 1. The van der Waals surface area contributed by atoms with Crippen LogP contribution in [-0.4, -0.2) is 44.2 Å². The molecule has 1 N–H and O–H groups in total. The quantitative estimate of drug-likeness (QED) is 0.789. The third kappa shape index (κ3) is 4.39. The summed E-state index contributed by atoms with van der Waals surface area (Å²) in [6, 6.07) is 5.50. The molecule has 0 amide bonds. The van der Waals surface area contributed by atoms with Crippen molar-refractivity contribution in [3.8, 4) is 11.9 Å². The van der Waals surface area contributed by atoms with E-state index in [1.165, 1.54) is 0 Å². The molecule has 1 rings (SSSR count). The van der Waals surface area contributed by atoms with Crippen molar-refractivity contribution in [2.45, 2.75) is 6.04 Å². The molecule has 0 aliphatic carbocycles. The largest absolute Gasteiger partial charge is 0.481 e. The second-order valence-electron chi connectivity index (χ2n) is 3.95. The van der Waals surface area contributed by atoms with Crippen LogP contribution in [0.1, 0.15) is 11.6 Å². The lowest BCUT2D eigenvalue weighted by molar-refractivity contribution is 0.392. The maximum atomic E-state index is 9.09. The number of pyridine rings is 1. The Morgan fingerprint density at radius 1 is 1.53 bits per heavy atom. The zero-order valence-electron chi connectivity index (χ0n) is 10.5. The van der Waals surface area contributed by atoms with Crippen molar-refractivity contribution < 1.29 is 4.74 Å². The summed E-state index contributed by atoms with van der Waals surface area (Å²) in [5.41, 5.74) is 0.854. The molecule has 5 heteroatoms. The van der Waals surface area contributed by atoms with Crippen LogP contribution >= 0.6 is 0 Å². The van der Waals surface area contributed by atoms with Crippen molar-refractivity contribution in [1.82, 2.24) is 15.2 Å². The molecule has 0 aliphatic rings. The maximum absolute atomic E-state index is 9.09. The number of likely N-dealkylation sites (N-methyl/N-ethyl adjacent to an activating group) is 1. The first-order chi connectivity index (χ1) is 8.17. The van der Waals surface area contributed by atoms with Crippen LogP contribution in [0.2, 0.25) is 0 Å². The summed E-state index contributed by atoms with van der Waals surface area (Å²) >= 11 is 0. The average molecular weight is 234 g/mol. The minimum absolute atomic E-state index is 0.326. The van der Waals surface area contributed by atoms with Crippen LogP contribution < -0.4 is 10.1 Å². The van der Waals surface area contributed by atoms with E-state index in [-0.39, 0.29) is 6.04 Å². The molecular formula is C12H18N4O. The van der Waals surface area contributed by atoms with Gasteiger partial charge >= 0.3 is 0 Å². The van der Waals surface area contributed by atoms with Gasteiger partial charge in [0.05, 0.1) is 13.2 Å². The Morgan fingerprint density at radius 3 is 2.76 bits per heavy atom. The normalized spacial score (nSPS) is 12.2. The van der Waals surface area contributed by atoms with Gasteiger partial charge in [-0.05, 0) is 20.2 Å². The van der Waals surface area contributed by atoms with E-state index in [0.29, 0.717) is 5.88 Å². The van der Waals surface area contributed by atoms with Crippen molar-refractivity contribution >= 4 is 0 Å². The summed E-state index contributed by atoms with van der Waals surface area (Å²) < 4.78 is 4.97. The highest BCUT2D eigenvalue weighted by Gasteiger charge is 2.09. The number of hydrogen-bond acceptors (Lipinski definition) is 5. The van der Waals surface area contributed by atoms with Gasteiger partial charge in [0.2, 0.25) is 5.88 Å². The monoisotopic (exact) mass is 234 g/mol. The molecule has 0 aliphatic heterocycles. The van der Waals surface area contributed by atoms with E-state index in [4.69, 9.17) is 10.00 Å². The van der Waals surface area contributed by atoms with Crippen molar-refractivity contribution in [1.29, 1.82) is 5.26 Å². The molecular weight excluding hydrogens is 216 g/mol. The molecule has 92 valence electrons. The number of nitrogens with zero attached hydrogens (tertiary/aromatic N) is 3. The Bertz CT molecular complexity index is 369. The lowest BCUT2D eigenvalue weighted by atomic mass is 10.1. The van der Waals surface area contributed by atoms with Crippen LogP contribution in [0.15, 0.2) is 18.3 Å². The number of nitrogens with one attached hydrogen (secondary N) is 1. The predicted molar refractivity (Wildman–Crippen MR) is 65.7 cm³/mol. The summed E-state index contributed by atoms with van der Waals surface area (Å²) in [5, 5.41) is 12.3. The van der Waals surface area contributed by atoms with E-state index in [0.717, 1.165) is 18.7 Å². The number of methoxy groups -OCH3 is 1. The minimum atomic E-state index is -0.326. The van der Waals surface area contributed by atoms with E-state index in [9.17, 15) is 0 Å². The van der Waals surface area contributed by atoms with Crippen LogP contribution in [-0.2, 0) is 0 Å². The zero-order valence-corrected chi connectivity index (χ0v) is 10.5. The summed E-state index contributed by atoms with van der Waals surface area (Å²) in [6.45, 7) is 1.65. The van der Waals surface area contributed by atoms with Gasteiger partial charge in [0.1, 0.15) is 6.04 Å². The first kappa shape index (κ1) is 13.4. The van der Waals surface area contributed by atoms with Crippen molar-refractivity contribution in [3.63, 3.8) is 0 Å². The molecule has 0 saturated heterocycles. The van der Waals surface area contributed by atoms with Crippen LogP contribution in [0.4, 0.5) is 0 Å². The smallest absolute Gasteiger partial charge is 0.212 e. The van der Waals surface area contributed by atoms with Crippen molar-refractivity contribution in [3.05, 3.63) is 23.9 Å². The van der Waals surface area contributed by atoms with Crippen LogP contribution in [0, 0.1) is 11.3 Å². The third-order valence-electron chi connectivity index (χ3n) is 2.34. The minimum Gasteiger partial charge on any atom is -0.481 e. The Balaban J connectivity index is 2.57. The second-order valence-corrected chi connectivity index (χ2v) is 3.95. The van der Waals surface area contributed by atoms with Crippen molar-refractivity contribution in [2.75, 3.05) is 34.3 Å². The fraction of sp³-hybridized carbons (Fsp3) is 0.500. The van der Waals surface area contributed by atoms with Crippen LogP contribution in [0.3, 0.4) is 0 Å². The van der Waals surface area contributed by atoms with E-state index in [2.05, 4.69) is 21.3 Å². The highest BCUT2D eigenvalue weighted by Crippen LogP contribution is 2.13. The lowest BCUT2D eigenvalue weighted by Gasteiger charge is -2.14. The molecule has 0 saturated carbocycles. The fourth-order valence-corrected chi connectivity index (χ4v) is 1.35. The number of aromatic nitrogens is 1. The Hall–Kier alpha value is -1.64. The SMILES string of the molecule is COc1ccc(C(C#N)NCCN(C)C)cn1. The summed E-state index contributed by atoms with van der Waals surface area (Å²) in [6.07, 6.45) is 1.66. The number of hydrogen-bond donors (Lipinski definition) is 1. The van der Waals surface area contributed by atoms with Gasteiger partial charge in [-0.2, -0.15) is 5.26 Å². The molecule has 0 aromatic carbocycles. The Morgan fingerprint density at radius 2 is 2.29 bits per heavy atom. The molecule has 0 spiro atoms. The van der Waals surface area contributed by atoms with Gasteiger partial charge in [-0.25, -0.2) is 4.98 Å². The molecule has 0 bridgehead atoms. The van der Waals surface area contributed by atoms with Gasteiger partial charge in [0.15, 0.2) is 0 Å². The van der Waals surface area contributed by atoms with Gasteiger partial charge in [0, 0.05) is 30.9 Å². The van der Waals surface area contributed by atoms with E-state index in [1.54, 1.807) is 19.4 Å².